The molecule has 8 nitrogen and oxygen atoms in total. The van der Waals surface area contributed by atoms with E-state index in [2.05, 4.69) is 10.6 Å². The number of nitrogens with one attached hydrogen (secondary N) is 2. The maximum Gasteiger partial charge on any atom is 0.303 e. The number of likely N-dealkylation sites (tertiary alicyclic amines) is 1. The van der Waals surface area contributed by atoms with Gasteiger partial charge in [0.15, 0.2) is 0 Å². The topological polar surface area (TPSA) is 116 Å². The fourth-order valence-corrected chi connectivity index (χ4v) is 5.48. The van der Waals surface area contributed by atoms with E-state index in [0.717, 1.165) is 5.56 Å². The molecule has 3 aliphatic heterocycles. The van der Waals surface area contributed by atoms with Crippen LogP contribution in [0.15, 0.2) is 12.1 Å². The second-order valence-corrected chi connectivity index (χ2v) is 8.83. The van der Waals surface area contributed by atoms with Gasteiger partial charge in [-0.3, -0.25) is 29.4 Å². The second-order valence-electron chi connectivity index (χ2n) is 8.42. The molecule has 3 amide bonds. The van der Waals surface area contributed by atoms with Crippen molar-refractivity contribution in [3.8, 4) is 0 Å². The van der Waals surface area contributed by atoms with Crippen molar-refractivity contribution in [1.29, 1.82) is 0 Å². The van der Waals surface area contributed by atoms with Crippen LogP contribution in [0.3, 0.4) is 0 Å². The number of amides is 3. The van der Waals surface area contributed by atoms with E-state index in [1.165, 1.54) is 4.90 Å². The summed E-state index contributed by atoms with van der Waals surface area (Å²) in [5, 5.41) is 15.5. The third-order valence-electron chi connectivity index (χ3n) is 6.66. The number of benzene rings is 1. The molecule has 5 unspecified atom stereocenters. The van der Waals surface area contributed by atoms with Crippen molar-refractivity contribution in [3.05, 3.63) is 28.3 Å². The minimum absolute atomic E-state index is 0.133. The Morgan fingerprint density at radius 2 is 2.00 bits per heavy atom. The Morgan fingerprint density at radius 1 is 1.30 bits per heavy atom. The molecule has 0 saturated carbocycles. The summed E-state index contributed by atoms with van der Waals surface area (Å²) in [5.41, 5.74) is 0.336. The summed E-state index contributed by atoms with van der Waals surface area (Å²) in [6.45, 7) is 5.52. The van der Waals surface area contributed by atoms with Crippen LogP contribution in [0.4, 0.5) is 5.69 Å². The summed E-state index contributed by atoms with van der Waals surface area (Å²) in [7, 11) is 0. The fourth-order valence-electron chi connectivity index (χ4n) is 5.16. The first kappa shape index (κ1) is 20.8. The van der Waals surface area contributed by atoms with Gasteiger partial charge in [-0.1, -0.05) is 24.6 Å². The number of imide groups is 1. The van der Waals surface area contributed by atoms with Crippen LogP contribution >= 0.6 is 11.6 Å². The number of fused-ring (bicyclic) bond motifs is 4. The van der Waals surface area contributed by atoms with E-state index < -0.39 is 41.2 Å². The Balaban J connectivity index is 1.88. The standard InChI is InChI=1S/C21H24ClN3O5/c1-4-10(3)25-18(28)15-13(5-6-14(26)27)24-21(16(15)19(25)29)11-7-9(2)8-12(22)17(11)23-20(21)30/h7-8,10,13,15-16,24H,4-6H2,1-3H3,(H,23,30)(H,26,27). The third kappa shape index (κ3) is 2.70. The Kier molecular flexibility index (Phi) is 4.90. The summed E-state index contributed by atoms with van der Waals surface area (Å²) in [6, 6.07) is 2.60. The lowest BCUT2D eigenvalue weighted by atomic mass is 9.76. The zero-order chi connectivity index (χ0) is 22.0. The summed E-state index contributed by atoms with van der Waals surface area (Å²) < 4.78 is 0. The Morgan fingerprint density at radius 3 is 2.63 bits per heavy atom. The van der Waals surface area contributed by atoms with Crippen LogP contribution in [-0.2, 0) is 24.7 Å². The quantitative estimate of drug-likeness (QED) is 0.612. The van der Waals surface area contributed by atoms with Crippen molar-refractivity contribution >= 4 is 41.0 Å². The lowest BCUT2D eigenvalue weighted by Gasteiger charge is -2.31. The summed E-state index contributed by atoms with van der Waals surface area (Å²) in [4.78, 5) is 52.6. The zero-order valence-corrected chi connectivity index (χ0v) is 17.7. The highest BCUT2D eigenvalue weighted by Gasteiger charge is 2.70. The lowest BCUT2D eigenvalue weighted by molar-refractivity contribution is -0.145. The molecule has 30 heavy (non-hydrogen) atoms. The zero-order valence-electron chi connectivity index (χ0n) is 17.0. The van der Waals surface area contributed by atoms with Crippen LogP contribution in [0.5, 0.6) is 0 Å². The highest BCUT2D eigenvalue weighted by Crippen LogP contribution is 2.55. The van der Waals surface area contributed by atoms with Crippen LogP contribution in [0.25, 0.3) is 0 Å². The maximum atomic E-state index is 13.5. The number of carbonyl (C=O) groups is 4. The first-order valence-electron chi connectivity index (χ1n) is 10.1. The van der Waals surface area contributed by atoms with Crippen LogP contribution < -0.4 is 10.6 Å². The average Bonchev–Trinajstić information content (AvgIpc) is 3.25. The van der Waals surface area contributed by atoms with Gasteiger partial charge in [-0.15, -0.1) is 0 Å². The van der Waals surface area contributed by atoms with E-state index in [9.17, 15) is 19.2 Å². The molecule has 1 spiro atoms. The van der Waals surface area contributed by atoms with E-state index in [0.29, 0.717) is 22.7 Å². The molecule has 3 aliphatic rings. The predicted octanol–water partition coefficient (Wildman–Crippen LogP) is 2.03. The van der Waals surface area contributed by atoms with Crippen LogP contribution in [0.1, 0.15) is 44.2 Å². The number of nitrogens with zero attached hydrogens (tertiary/aromatic N) is 1. The number of carboxylic acid groups (broad SMARTS) is 1. The van der Waals surface area contributed by atoms with Crippen molar-refractivity contribution in [1.82, 2.24) is 10.2 Å². The molecular formula is C21H24ClN3O5. The molecule has 0 radical (unpaired) electrons. The van der Waals surface area contributed by atoms with Crippen molar-refractivity contribution in [2.75, 3.05) is 5.32 Å². The molecule has 1 aromatic carbocycles. The third-order valence-corrected chi connectivity index (χ3v) is 6.95. The molecule has 3 N–H and O–H groups in total. The molecule has 1 aromatic rings. The van der Waals surface area contributed by atoms with Gasteiger partial charge in [-0.25, -0.2) is 0 Å². The number of carboxylic acids is 1. The van der Waals surface area contributed by atoms with E-state index in [-0.39, 0.29) is 24.8 Å². The minimum atomic E-state index is -1.45. The molecule has 2 saturated heterocycles. The second kappa shape index (κ2) is 7.06. The minimum Gasteiger partial charge on any atom is -0.481 e. The maximum absolute atomic E-state index is 13.5. The van der Waals surface area contributed by atoms with Crippen molar-refractivity contribution in [2.45, 2.75) is 57.7 Å². The number of anilines is 1. The number of rotatable bonds is 5. The lowest BCUT2D eigenvalue weighted by Crippen LogP contribution is -2.54. The van der Waals surface area contributed by atoms with Crippen molar-refractivity contribution in [3.63, 3.8) is 0 Å². The highest BCUT2D eigenvalue weighted by molar-refractivity contribution is 6.35. The molecule has 0 aromatic heterocycles. The predicted molar refractivity (Wildman–Crippen MR) is 109 cm³/mol. The molecule has 0 aliphatic carbocycles. The first-order valence-corrected chi connectivity index (χ1v) is 10.5. The largest absolute Gasteiger partial charge is 0.481 e. The molecule has 4 rings (SSSR count). The normalized spacial score (nSPS) is 30.6. The Hall–Kier alpha value is -2.45. The van der Waals surface area contributed by atoms with Gasteiger partial charge in [0, 0.05) is 24.1 Å². The highest BCUT2D eigenvalue weighted by atomic mass is 35.5. The number of hydrogen-bond acceptors (Lipinski definition) is 5. The molecule has 9 heteroatoms. The van der Waals surface area contributed by atoms with Gasteiger partial charge >= 0.3 is 5.97 Å². The van der Waals surface area contributed by atoms with Crippen molar-refractivity contribution < 1.29 is 24.3 Å². The summed E-state index contributed by atoms with van der Waals surface area (Å²) in [6.07, 6.45) is 0.545. The SMILES string of the molecule is CCC(C)N1C(=O)C2C(CCC(=O)O)NC3(C(=O)Nc4c(Cl)cc(C)cc43)C2C1=O. The molecule has 160 valence electrons. The van der Waals surface area contributed by atoms with Gasteiger partial charge in [0.2, 0.25) is 17.7 Å². The number of carbonyl (C=O) groups excluding carboxylic acids is 3. The number of hydrogen-bond donors (Lipinski definition) is 3. The fraction of sp³-hybridized carbons (Fsp3) is 0.524. The van der Waals surface area contributed by atoms with Crippen LogP contribution in [-0.4, -0.2) is 45.8 Å². The van der Waals surface area contributed by atoms with Crippen molar-refractivity contribution in [2.24, 2.45) is 11.8 Å². The monoisotopic (exact) mass is 433 g/mol. The smallest absolute Gasteiger partial charge is 0.303 e. The van der Waals surface area contributed by atoms with E-state index in [4.69, 9.17) is 16.7 Å². The first-order chi connectivity index (χ1) is 14.1. The number of aryl methyl sites for hydroxylation is 1. The van der Waals surface area contributed by atoms with Gasteiger partial charge in [0.25, 0.3) is 0 Å². The average molecular weight is 434 g/mol. The molecular weight excluding hydrogens is 410 g/mol. The molecule has 3 heterocycles. The van der Waals surface area contributed by atoms with Gasteiger partial charge < -0.3 is 10.4 Å². The Labute approximate surface area is 178 Å². The summed E-state index contributed by atoms with van der Waals surface area (Å²) >= 11 is 6.37. The Bertz CT molecular complexity index is 980. The molecule has 5 atom stereocenters. The van der Waals surface area contributed by atoms with E-state index in [1.54, 1.807) is 19.1 Å². The molecule has 0 bridgehead atoms. The van der Waals surface area contributed by atoms with E-state index in [1.807, 2.05) is 13.8 Å². The van der Waals surface area contributed by atoms with Gasteiger partial charge in [-0.2, -0.15) is 0 Å². The number of aliphatic carboxylic acids is 1. The number of halogens is 1. The van der Waals surface area contributed by atoms with Crippen LogP contribution in [0.2, 0.25) is 5.02 Å². The molecule has 2 fully saturated rings. The van der Waals surface area contributed by atoms with Crippen LogP contribution in [0, 0.1) is 18.8 Å². The summed E-state index contributed by atoms with van der Waals surface area (Å²) in [5.74, 6) is -3.94. The van der Waals surface area contributed by atoms with Gasteiger partial charge in [0.05, 0.1) is 22.5 Å². The van der Waals surface area contributed by atoms with E-state index >= 15 is 0 Å². The van der Waals surface area contributed by atoms with Gasteiger partial charge in [0.1, 0.15) is 5.54 Å². The van der Waals surface area contributed by atoms with Gasteiger partial charge in [-0.05, 0) is 38.3 Å².